The number of amides is 1. The smallest absolute Gasteiger partial charge is 0.277 e. The molecule has 1 aliphatic rings. The van der Waals surface area contributed by atoms with Crippen LogP contribution in [0.15, 0.2) is 24.4 Å². The minimum absolute atomic E-state index is 0.221. The lowest BCUT2D eigenvalue weighted by Gasteiger charge is -2.25. The Morgan fingerprint density at radius 1 is 1.35 bits per heavy atom. The predicted molar refractivity (Wildman–Crippen MR) is 75.8 cm³/mol. The Hall–Kier alpha value is -2.21. The highest BCUT2D eigenvalue weighted by atomic mass is 16.2. The third-order valence-electron chi connectivity index (χ3n) is 3.55. The van der Waals surface area contributed by atoms with Crippen molar-refractivity contribution in [2.24, 2.45) is 0 Å². The van der Waals surface area contributed by atoms with Crippen molar-refractivity contribution in [1.29, 1.82) is 0 Å². The average Bonchev–Trinajstić information content (AvgIpc) is 2.81. The lowest BCUT2D eigenvalue weighted by atomic mass is 10.1. The lowest BCUT2D eigenvalue weighted by Crippen LogP contribution is -2.44. The van der Waals surface area contributed by atoms with Gasteiger partial charge in [-0.1, -0.05) is 18.2 Å². The second-order valence-electron chi connectivity index (χ2n) is 5.08. The highest BCUT2D eigenvalue weighted by Crippen LogP contribution is 2.20. The van der Waals surface area contributed by atoms with Gasteiger partial charge in [-0.15, -0.1) is 5.10 Å². The molecule has 1 aromatic heterocycles. The zero-order valence-electron chi connectivity index (χ0n) is 11.6. The predicted octanol–water partition coefficient (Wildman–Crippen LogP) is 1.29. The van der Waals surface area contributed by atoms with E-state index in [1.54, 1.807) is 4.80 Å². The van der Waals surface area contributed by atoms with Crippen molar-refractivity contribution in [1.82, 2.24) is 20.3 Å². The van der Waals surface area contributed by atoms with E-state index in [0.29, 0.717) is 5.69 Å². The Labute approximate surface area is 117 Å². The summed E-state index contributed by atoms with van der Waals surface area (Å²) in [5, 5.41) is 14.5. The Bertz CT molecular complexity index is 625. The summed E-state index contributed by atoms with van der Waals surface area (Å²) in [5.74, 6) is -0.221. The molecule has 6 heteroatoms. The second-order valence-corrected chi connectivity index (χ2v) is 5.08. The quantitative estimate of drug-likeness (QED) is 0.882. The van der Waals surface area contributed by atoms with Gasteiger partial charge in [0.2, 0.25) is 0 Å². The van der Waals surface area contributed by atoms with Crippen LogP contribution in [0, 0.1) is 13.8 Å². The molecular formula is C14H17N5O. The fraction of sp³-hybridized carbons (Fsp3) is 0.357. The van der Waals surface area contributed by atoms with Gasteiger partial charge in [-0.2, -0.15) is 9.90 Å². The van der Waals surface area contributed by atoms with Crippen LogP contribution in [0.1, 0.15) is 27.7 Å². The first-order valence-corrected chi connectivity index (χ1v) is 6.65. The number of anilines is 1. The van der Waals surface area contributed by atoms with Gasteiger partial charge < -0.3 is 10.6 Å². The summed E-state index contributed by atoms with van der Waals surface area (Å²) < 4.78 is 0. The summed E-state index contributed by atoms with van der Waals surface area (Å²) in [6.45, 7) is 5.65. The molecule has 3 rings (SSSR count). The molecule has 2 N–H and O–H groups in total. The molecule has 0 spiro atoms. The average molecular weight is 271 g/mol. The zero-order valence-corrected chi connectivity index (χ0v) is 11.6. The van der Waals surface area contributed by atoms with Crippen molar-refractivity contribution in [3.63, 3.8) is 0 Å². The van der Waals surface area contributed by atoms with E-state index in [9.17, 15) is 4.79 Å². The molecule has 1 fully saturated rings. The molecule has 2 heterocycles. The van der Waals surface area contributed by atoms with E-state index in [4.69, 9.17) is 0 Å². The Kier molecular flexibility index (Phi) is 3.23. The number of para-hydroxylation sites is 1. The van der Waals surface area contributed by atoms with E-state index in [2.05, 4.69) is 20.8 Å². The SMILES string of the molecule is Cc1cccc(C)c1NC(=O)c1cnn(C2CNC2)n1. The van der Waals surface area contributed by atoms with Gasteiger partial charge in [0.15, 0.2) is 5.69 Å². The minimum Gasteiger partial charge on any atom is -0.320 e. The molecule has 104 valence electrons. The van der Waals surface area contributed by atoms with E-state index in [1.165, 1.54) is 6.20 Å². The molecule has 1 aliphatic heterocycles. The van der Waals surface area contributed by atoms with Crippen LogP contribution in [0.5, 0.6) is 0 Å². The third kappa shape index (κ3) is 2.30. The number of carbonyl (C=O) groups is 1. The van der Waals surface area contributed by atoms with Gasteiger partial charge in [0.05, 0.1) is 12.2 Å². The van der Waals surface area contributed by atoms with Crippen molar-refractivity contribution < 1.29 is 4.79 Å². The highest BCUT2D eigenvalue weighted by Gasteiger charge is 2.22. The van der Waals surface area contributed by atoms with Gasteiger partial charge in [0.1, 0.15) is 0 Å². The van der Waals surface area contributed by atoms with Crippen molar-refractivity contribution in [3.05, 3.63) is 41.2 Å². The van der Waals surface area contributed by atoms with E-state index < -0.39 is 0 Å². The fourth-order valence-electron chi connectivity index (χ4n) is 2.18. The molecule has 1 aromatic carbocycles. The monoisotopic (exact) mass is 271 g/mol. The summed E-state index contributed by atoms with van der Waals surface area (Å²) in [6, 6.07) is 6.18. The molecule has 0 radical (unpaired) electrons. The molecule has 20 heavy (non-hydrogen) atoms. The number of hydrogen-bond donors (Lipinski definition) is 2. The van der Waals surface area contributed by atoms with Gasteiger partial charge in [0.25, 0.3) is 5.91 Å². The Balaban J connectivity index is 1.77. The molecule has 2 aromatic rings. The maximum Gasteiger partial charge on any atom is 0.277 e. The molecule has 0 aliphatic carbocycles. The highest BCUT2D eigenvalue weighted by molar-refractivity contribution is 6.03. The van der Waals surface area contributed by atoms with Gasteiger partial charge in [-0.3, -0.25) is 4.79 Å². The number of aryl methyl sites for hydroxylation is 2. The number of benzene rings is 1. The molecule has 0 atom stereocenters. The topological polar surface area (TPSA) is 71.8 Å². The van der Waals surface area contributed by atoms with Gasteiger partial charge in [-0.05, 0) is 25.0 Å². The van der Waals surface area contributed by atoms with E-state index in [-0.39, 0.29) is 11.9 Å². The summed E-state index contributed by atoms with van der Waals surface area (Å²) in [7, 11) is 0. The third-order valence-corrected chi connectivity index (χ3v) is 3.55. The molecule has 0 saturated carbocycles. The van der Waals surface area contributed by atoms with Gasteiger partial charge in [0, 0.05) is 18.8 Å². The van der Waals surface area contributed by atoms with E-state index in [0.717, 1.165) is 29.9 Å². The number of carbonyl (C=O) groups excluding carboxylic acids is 1. The zero-order chi connectivity index (χ0) is 14.1. The van der Waals surface area contributed by atoms with Crippen LogP contribution in [0.3, 0.4) is 0 Å². The number of nitrogens with one attached hydrogen (secondary N) is 2. The maximum absolute atomic E-state index is 12.2. The Morgan fingerprint density at radius 3 is 2.65 bits per heavy atom. The number of nitrogens with zero attached hydrogens (tertiary/aromatic N) is 3. The number of rotatable bonds is 3. The summed E-state index contributed by atoms with van der Waals surface area (Å²) >= 11 is 0. The van der Waals surface area contributed by atoms with Crippen LogP contribution in [0.4, 0.5) is 5.69 Å². The van der Waals surface area contributed by atoms with Crippen LogP contribution in [-0.2, 0) is 0 Å². The first kappa shape index (κ1) is 12.8. The van der Waals surface area contributed by atoms with Crippen LogP contribution in [-0.4, -0.2) is 34.0 Å². The summed E-state index contributed by atoms with van der Waals surface area (Å²) in [6.07, 6.45) is 1.52. The Morgan fingerprint density at radius 2 is 2.05 bits per heavy atom. The van der Waals surface area contributed by atoms with Gasteiger partial charge in [-0.25, -0.2) is 0 Å². The standard InChI is InChI=1S/C14H17N5O/c1-9-4-3-5-10(2)13(9)17-14(20)12-8-16-19(18-12)11-6-15-7-11/h3-5,8,11,15H,6-7H2,1-2H3,(H,17,20). The number of aromatic nitrogens is 3. The van der Waals surface area contributed by atoms with Crippen molar-refractivity contribution in [2.45, 2.75) is 19.9 Å². The molecule has 6 nitrogen and oxygen atoms in total. The minimum atomic E-state index is -0.221. The van der Waals surface area contributed by atoms with Crippen LogP contribution in [0.25, 0.3) is 0 Å². The molecule has 1 amide bonds. The maximum atomic E-state index is 12.2. The summed E-state index contributed by atoms with van der Waals surface area (Å²) in [5.41, 5.74) is 3.26. The van der Waals surface area contributed by atoms with Crippen molar-refractivity contribution in [3.8, 4) is 0 Å². The normalized spacial score (nSPS) is 14.9. The largest absolute Gasteiger partial charge is 0.320 e. The first-order valence-electron chi connectivity index (χ1n) is 6.65. The van der Waals surface area contributed by atoms with E-state index >= 15 is 0 Å². The molecule has 0 unspecified atom stereocenters. The van der Waals surface area contributed by atoms with E-state index in [1.807, 2.05) is 32.0 Å². The van der Waals surface area contributed by atoms with Crippen LogP contribution in [0.2, 0.25) is 0 Å². The fourth-order valence-corrected chi connectivity index (χ4v) is 2.18. The van der Waals surface area contributed by atoms with Crippen LogP contribution < -0.4 is 10.6 Å². The summed E-state index contributed by atoms with van der Waals surface area (Å²) in [4.78, 5) is 13.8. The molecular weight excluding hydrogens is 254 g/mol. The van der Waals surface area contributed by atoms with Gasteiger partial charge >= 0.3 is 0 Å². The molecule has 0 bridgehead atoms. The van der Waals surface area contributed by atoms with Crippen LogP contribution >= 0.6 is 0 Å². The van der Waals surface area contributed by atoms with Crippen molar-refractivity contribution in [2.75, 3.05) is 18.4 Å². The lowest BCUT2D eigenvalue weighted by molar-refractivity contribution is 0.102. The van der Waals surface area contributed by atoms with Crippen molar-refractivity contribution >= 4 is 11.6 Å². The number of hydrogen-bond acceptors (Lipinski definition) is 4. The first-order chi connectivity index (χ1) is 9.65. The molecule has 1 saturated heterocycles. The second kappa shape index (κ2) is 5.05.